The van der Waals surface area contributed by atoms with Gasteiger partial charge in [0.1, 0.15) is 4.90 Å². The molecule has 2 rings (SSSR count). The number of thiophene rings is 1. The molecule has 0 aliphatic carbocycles. The molecule has 0 aliphatic heterocycles. The summed E-state index contributed by atoms with van der Waals surface area (Å²) < 4.78 is 27.2. The van der Waals surface area contributed by atoms with Crippen molar-refractivity contribution in [3.63, 3.8) is 0 Å². The van der Waals surface area contributed by atoms with E-state index in [1.807, 2.05) is 11.4 Å². The van der Waals surface area contributed by atoms with Gasteiger partial charge in [0.05, 0.1) is 5.69 Å². The van der Waals surface area contributed by atoms with Gasteiger partial charge in [0.15, 0.2) is 0 Å². The molecule has 108 valence electrons. The highest BCUT2D eigenvalue weighted by molar-refractivity contribution is 9.10. The minimum Gasteiger partial charge on any atom is -0.323 e. The van der Waals surface area contributed by atoms with Gasteiger partial charge in [-0.2, -0.15) is 4.31 Å². The number of sulfonamides is 1. The molecule has 20 heavy (non-hydrogen) atoms. The summed E-state index contributed by atoms with van der Waals surface area (Å²) >= 11 is 4.84. The van der Waals surface area contributed by atoms with Crippen molar-refractivity contribution in [2.75, 3.05) is 12.5 Å². The summed E-state index contributed by atoms with van der Waals surface area (Å²) in [5.74, 6) is 5.34. The summed E-state index contributed by atoms with van der Waals surface area (Å²) in [4.78, 5) is 4.84. The number of halogens is 1. The van der Waals surface area contributed by atoms with Gasteiger partial charge in [0.25, 0.3) is 0 Å². The molecule has 0 aliphatic rings. The number of nitrogens with zero attached hydrogens (tertiary/aromatic N) is 2. The third kappa shape index (κ3) is 3.18. The lowest BCUT2D eigenvalue weighted by Gasteiger charge is -2.18. The number of nitrogen functional groups attached to an aromatic ring is 1. The maximum absolute atomic E-state index is 12.5. The predicted molar refractivity (Wildman–Crippen MR) is 82.7 cm³/mol. The molecule has 6 nitrogen and oxygen atoms in total. The maximum Gasteiger partial charge on any atom is 0.246 e. The molecule has 0 fully saturated rings. The van der Waals surface area contributed by atoms with Crippen molar-refractivity contribution >= 4 is 43.0 Å². The van der Waals surface area contributed by atoms with Crippen molar-refractivity contribution in [1.82, 2.24) is 9.29 Å². The summed E-state index contributed by atoms with van der Waals surface area (Å²) in [5, 5.41) is 1.91. The van der Waals surface area contributed by atoms with Crippen LogP contribution in [0.4, 0.5) is 5.69 Å². The molecule has 0 radical (unpaired) electrons. The predicted octanol–water partition coefficient (Wildman–Crippen LogP) is 2.01. The van der Waals surface area contributed by atoms with Crippen molar-refractivity contribution in [3.8, 4) is 0 Å². The second kappa shape index (κ2) is 6.19. The number of nitrogens with two attached hydrogens (primary N) is 1. The zero-order chi connectivity index (χ0) is 14.8. The van der Waals surface area contributed by atoms with Gasteiger partial charge in [-0.15, -0.1) is 11.3 Å². The molecule has 0 saturated carbocycles. The third-order valence-electron chi connectivity index (χ3n) is 2.63. The molecule has 2 aromatic heterocycles. The lowest BCUT2D eigenvalue weighted by molar-refractivity contribution is 0.469. The van der Waals surface area contributed by atoms with Crippen molar-refractivity contribution in [2.24, 2.45) is 5.84 Å². The zero-order valence-electron chi connectivity index (χ0n) is 10.6. The van der Waals surface area contributed by atoms with Gasteiger partial charge in [-0.3, -0.25) is 10.8 Å². The van der Waals surface area contributed by atoms with Crippen LogP contribution in [0.15, 0.2) is 39.3 Å². The van der Waals surface area contributed by atoms with E-state index in [1.54, 1.807) is 0 Å². The fourth-order valence-corrected chi connectivity index (χ4v) is 4.44. The number of hydrogen-bond acceptors (Lipinski definition) is 6. The maximum atomic E-state index is 12.5. The summed E-state index contributed by atoms with van der Waals surface area (Å²) in [6.45, 7) is 0.289. The molecule has 0 saturated heterocycles. The van der Waals surface area contributed by atoms with Crippen LogP contribution in [-0.2, 0) is 16.6 Å². The van der Waals surface area contributed by atoms with Gasteiger partial charge in [-0.1, -0.05) is 0 Å². The first kappa shape index (κ1) is 15.4. The van der Waals surface area contributed by atoms with Crippen LogP contribution >= 0.6 is 27.3 Å². The average Bonchev–Trinajstić information content (AvgIpc) is 2.84. The fourth-order valence-electron chi connectivity index (χ4n) is 1.61. The number of aromatic nitrogens is 1. The molecule has 9 heteroatoms. The van der Waals surface area contributed by atoms with Crippen LogP contribution in [0, 0.1) is 0 Å². The van der Waals surface area contributed by atoms with Crippen molar-refractivity contribution < 1.29 is 8.42 Å². The first-order chi connectivity index (χ1) is 9.45. The number of anilines is 1. The van der Waals surface area contributed by atoms with Crippen molar-refractivity contribution in [3.05, 3.63) is 39.3 Å². The van der Waals surface area contributed by atoms with Crippen LogP contribution in [-0.4, -0.2) is 24.8 Å². The van der Waals surface area contributed by atoms with E-state index in [-0.39, 0.29) is 11.4 Å². The second-order valence-electron chi connectivity index (χ2n) is 4.01. The molecule has 2 aromatic rings. The highest BCUT2D eigenvalue weighted by atomic mass is 79.9. The van der Waals surface area contributed by atoms with E-state index in [0.29, 0.717) is 5.69 Å². The Labute approximate surface area is 129 Å². The van der Waals surface area contributed by atoms with Gasteiger partial charge in [0, 0.05) is 40.7 Å². The fraction of sp³-hybridized carbons (Fsp3) is 0.182. The van der Waals surface area contributed by atoms with Crippen LogP contribution in [0.2, 0.25) is 0 Å². The van der Waals surface area contributed by atoms with E-state index in [9.17, 15) is 8.42 Å². The highest BCUT2D eigenvalue weighted by Crippen LogP contribution is 2.26. The lowest BCUT2D eigenvalue weighted by Crippen LogP contribution is -2.27. The quantitative estimate of drug-likeness (QED) is 0.615. The topological polar surface area (TPSA) is 88.3 Å². The molecule has 0 bridgehead atoms. The van der Waals surface area contributed by atoms with E-state index < -0.39 is 10.0 Å². The van der Waals surface area contributed by atoms with E-state index in [0.717, 1.165) is 9.35 Å². The van der Waals surface area contributed by atoms with Crippen molar-refractivity contribution in [1.29, 1.82) is 0 Å². The van der Waals surface area contributed by atoms with Gasteiger partial charge in [-0.05, 0) is 28.1 Å². The molecule has 0 spiro atoms. The summed E-state index contributed by atoms with van der Waals surface area (Å²) in [7, 11) is -2.13. The van der Waals surface area contributed by atoms with Crippen LogP contribution < -0.4 is 11.3 Å². The van der Waals surface area contributed by atoms with E-state index in [1.165, 1.54) is 41.1 Å². The van der Waals surface area contributed by atoms with E-state index in [4.69, 9.17) is 5.84 Å². The molecule has 0 atom stereocenters. The Kier molecular flexibility index (Phi) is 4.76. The van der Waals surface area contributed by atoms with Gasteiger partial charge in [-0.25, -0.2) is 8.42 Å². The number of hydrazine groups is 1. The minimum absolute atomic E-state index is 0.0561. The number of rotatable bonds is 5. The Morgan fingerprint density at radius 1 is 1.55 bits per heavy atom. The number of hydrogen-bond donors (Lipinski definition) is 2. The average molecular weight is 377 g/mol. The van der Waals surface area contributed by atoms with Crippen molar-refractivity contribution in [2.45, 2.75) is 11.4 Å². The highest BCUT2D eigenvalue weighted by Gasteiger charge is 2.24. The molecular weight excluding hydrogens is 364 g/mol. The Morgan fingerprint density at radius 3 is 2.90 bits per heavy atom. The first-order valence-electron chi connectivity index (χ1n) is 5.55. The number of nitrogens with one attached hydrogen (secondary N) is 1. The van der Waals surface area contributed by atoms with Gasteiger partial charge < -0.3 is 5.43 Å². The molecular formula is C11H13BrN4O2S2. The van der Waals surface area contributed by atoms with Crippen LogP contribution in [0.5, 0.6) is 0 Å². The van der Waals surface area contributed by atoms with Crippen LogP contribution in [0.25, 0.3) is 0 Å². The monoisotopic (exact) mass is 376 g/mol. The Balaban J connectivity index is 2.29. The molecule has 2 heterocycles. The largest absolute Gasteiger partial charge is 0.323 e. The van der Waals surface area contributed by atoms with Gasteiger partial charge >= 0.3 is 0 Å². The summed E-state index contributed by atoms with van der Waals surface area (Å²) in [5.41, 5.74) is 2.69. The van der Waals surface area contributed by atoms with E-state index in [2.05, 4.69) is 26.3 Å². The first-order valence-corrected chi connectivity index (χ1v) is 8.66. The standard InChI is InChI=1S/C11H13BrN4O2S2/c1-16(6-9-4-8(12)7-19-9)20(17,18)11-5-14-3-2-10(11)15-13/h2-5,7H,6,13H2,1H3,(H,14,15). The zero-order valence-corrected chi connectivity index (χ0v) is 13.8. The summed E-state index contributed by atoms with van der Waals surface area (Å²) in [6, 6.07) is 3.41. The van der Waals surface area contributed by atoms with Crippen LogP contribution in [0.1, 0.15) is 4.88 Å². The Hall–Kier alpha value is -1.00. The minimum atomic E-state index is -3.65. The Morgan fingerprint density at radius 2 is 2.30 bits per heavy atom. The molecule has 0 unspecified atom stereocenters. The van der Waals surface area contributed by atoms with Gasteiger partial charge in [0.2, 0.25) is 10.0 Å². The third-order valence-corrected chi connectivity index (χ3v) is 6.14. The van der Waals surface area contributed by atoms with Crippen LogP contribution in [0.3, 0.4) is 0 Å². The second-order valence-corrected chi connectivity index (χ2v) is 7.93. The Bertz CT molecular complexity index is 702. The normalized spacial score (nSPS) is 11.8. The summed E-state index contributed by atoms with van der Waals surface area (Å²) in [6.07, 6.45) is 2.76. The molecule has 0 amide bonds. The SMILES string of the molecule is CN(Cc1cc(Br)cs1)S(=O)(=O)c1cnccc1NN. The number of pyridine rings is 1. The molecule has 3 N–H and O–H groups in total. The smallest absolute Gasteiger partial charge is 0.246 e. The molecule has 0 aromatic carbocycles. The lowest BCUT2D eigenvalue weighted by atomic mass is 10.4. The van der Waals surface area contributed by atoms with E-state index >= 15 is 0 Å².